The van der Waals surface area contributed by atoms with Crippen LogP contribution in [0.5, 0.6) is 0 Å². The van der Waals surface area contributed by atoms with E-state index in [0.717, 1.165) is 148 Å². The van der Waals surface area contributed by atoms with Crippen LogP contribution in [0.25, 0.3) is 0 Å². The molecular formula is C73H120O6. The van der Waals surface area contributed by atoms with E-state index < -0.39 is 6.10 Å². The molecule has 448 valence electrons. The van der Waals surface area contributed by atoms with Crippen molar-refractivity contribution in [1.82, 2.24) is 0 Å². The Bertz CT molecular complexity index is 1680. The summed E-state index contributed by atoms with van der Waals surface area (Å²) in [5.74, 6) is -0.923. The Morgan fingerprint density at radius 3 is 0.785 bits per heavy atom. The van der Waals surface area contributed by atoms with E-state index in [1.807, 2.05) is 0 Å². The van der Waals surface area contributed by atoms with E-state index in [-0.39, 0.29) is 31.1 Å². The van der Waals surface area contributed by atoms with Crippen molar-refractivity contribution in [2.24, 2.45) is 0 Å². The number of rotatable bonds is 58. The van der Waals surface area contributed by atoms with E-state index in [1.54, 1.807) is 0 Å². The Balaban J connectivity index is 4.27. The molecule has 0 saturated heterocycles. The highest BCUT2D eigenvalue weighted by molar-refractivity contribution is 5.71. The average molecular weight is 1090 g/mol. The average Bonchev–Trinajstić information content (AvgIpc) is 3.45. The lowest BCUT2D eigenvalue weighted by Gasteiger charge is -2.18. The third-order valence-electron chi connectivity index (χ3n) is 13.6. The molecule has 79 heavy (non-hydrogen) atoms. The normalized spacial score (nSPS) is 13.0. The molecule has 0 bridgehead atoms. The van der Waals surface area contributed by atoms with E-state index in [1.165, 1.54) is 103 Å². The maximum atomic E-state index is 12.9. The van der Waals surface area contributed by atoms with Crippen LogP contribution >= 0.6 is 0 Å². The summed E-state index contributed by atoms with van der Waals surface area (Å²) in [4.78, 5) is 38.2. The number of hydrogen-bond acceptors (Lipinski definition) is 6. The zero-order chi connectivity index (χ0) is 57.1. The lowest BCUT2D eigenvalue weighted by atomic mass is 10.1. The minimum absolute atomic E-state index is 0.0897. The van der Waals surface area contributed by atoms with E-state index in [4.69, 9.17) is 14.2 Å². The van der Waals surface area contributed by atoms with Crippen LogP contribution < -0.4 is 0 Å². The molecule has 6 nitrogen and oxygen atoms in total. The third kappa shape index (κ3) is 64.3. The minimum Gasteiger partial charge on any atom is -0.462 e. The molecule has 0 N–H and O–H groups in total. The Morgan fingerprint density at radius 2 is 0.494 bits per heavy atom. The van der Waals surface area contributed by atoms with Crippen LogP contribution in [0.15, 0.2) is 134 Å². The van der Waals surface area contributed by atoms with Crippen molar-refractivity contribution in [3.63, 3.8) is 0 Å². The number of unbranched alkanes of at least 4 members (excludes halogenated alkanes) is 25. The van der Waals surface area contributed by atoms with Crippen molar-refractivity contribution in [2.75, 3.05) is 13.2 Å². The van der Waals surface area contributed by atoms with Gasteiger partial charge in [0.1, 0.15) is 13.2 Å². The maximum Gasteiger partial charge on any atom is 0.306 e. The summed E-state index contributed by atoms with van der Waals surface area (Å²) in [5.41, 5.74) is 0. The van der Waals surface area contributed by atoms with Gasteiger partial charge in [-0.3, -0.25) is 14.4 Å². The molecule has 0 fully saturated rings. The molecular weight excluding hydrogens is 973 g/mol. The first-order valence-electron chi connectivity index (χ1n) is 32.7. The number of carbonyl (C=O) groups excluding carboxylic acids is 3. The Hall–Kier alpha value is -4.45. The molecule has 0 spiro atoms. The van der Waals surface area contributed by atoms with Crippen LogP contribution in [0.1, 0.15) is 290 Å². The van der Waals surface area contributed by atoms with E-state index in [2.05, 4.69) is 154 Å². The van der Waals surface area contributed by atoms with Gasteiger partial charge in [-0.1, -0.05) is 283 Å². The molecule has 6 heteroatoms. The molecule has 0 aliphatic carbocycles. The monoisotopic (exact) mass is 1090 g/mol. The van der Waals surface area contributed by atoms with Crippen LogP contribution in [-0.4, -0.2) is 37.2 Å². The lowest BCUT2D eigenvalue weighted by Crippen LogP contribution is -2.30. The second-order valence-corrected chi connectivity index (χ2v) is 21.3. The summed E-state index contributed by atoms with van der Waals surface area (Å²) in [5, 5.41) is 0. The molecule has 0 amide bonds. The van der Waals surface area contributed by atoms with Gasteiger partial charge in [0, 0.05) is 19.3 Å². The predicted octanol–water partition coefficient (Wildman–Crippen LogP) is 22.5. The molecule has 0 saturated carbocycles. The van der Waals surface area contributed by atoms with Crippen LogP contribution in [0, 0.1) is 0 Å². The highest BCUT2D eigenvalue weighted by Crippen LogP contribution is 2.15. The van der Waals surface area contributed by atoms with Gasteiger partial charge >= 0.3 is 17.9 Å². The largest absolute Gasteiger partial charge is 0.462 e. The number of ether oxygens (including phenoxy) is 3. The zero-order valence-electron chi connectivity index (χ0n) is 51.3. The van der Waals surface area contributed by atoms with Crippen LogP contribution in [0.2, 0.25) is 0 Å². The molecule has 1 atom stereocenters. The molecule has 0 aromatic carbocycles. The fourth-order valence-corrected chi connectivity index (χ4v) is 8.76. The number of hydrogen-bond donors (Lipinski definition) is 0. The minimum atomic E-state index is -0.794. The van der Waals surface area contributed by atoms with E-state index >= 15 is 0 Å². The quantitative estimate of drug-likeness (QED) is 0.0261. The lowest BCUT2D eigenvalue weighted by molar-refractivity contribution is -0.167. The molecule has 0 heterocycles. The van der Waals surface area contributed by atoms with Crippen molar-refractivity contribution in [2.45, 2.75) is 297 Å². The van der Waals surface area contributed by atoms with Crippen LogP contribution in [0.4, 0.5) is 0 Å². The van der Waals surface area contributed by atoms with E-state index in [0.29, 0.717) is 19.3 Å². The SMILES string of the molecule is CC/C=C\C/C=C\C/C=C\C/C=C\C/C=C\C/C=C\C/C=C\C/C=C\C/C=C\C/C=C\CCCCCCC(=O)OCC(COC(=O)CCCCCCCCCCCC)OC(=O)CCCCCCC/C=C\CCCCCCCCC. The number of carbonyl (C=O) groups is 3. The number of esters is 3. The first-order valence-corrected chi connectivity index (χ1v) is 32.7. The highest BCUT2D eigenvalue weighted by Gasteiger charge is 2.19. The molecule has 0 rings (SSSR count). The highest BCUT2D eigenvalue weighted by atomic mass is 16.6. The van der Waals surface area contributed by atoms with Crippen molar-refractivity contribution < 1.29 is 28.6 Å². The topological polar surface area (TPSA) is 78.9 Å². The Labute approximate surface area is 487 Å². The summed E-state index contributed by atoms with van der Waals surface area (Å²) in [7, 11) is 0. The van der Waals surface area contributed by atoms with Gasteiger partial charge in [-0.2, -0.15) is 0 Å². The van der Waals surface area contributed by atoms with Gasteiger partial charge in [0.2, 0.25) is 0 Å². The Kier molecular flexibility index (Phi) is 62.3. The van der Waals surface area contributed by atoms with Crippen molar-refractivity contribution >= 4 is 17.9 Å². The standard InChI is InChI=1S/C73H120O6/c1-4-7-10-13-16-19-22-24-26-28-29-30-31-32-33-34-35-36-37-38-39-40-41-42-43-44-45-46-48-49-51-54-57-60-63-66-72(75)78-69-70(68-77-71(74)65-62-59-56-53-21-18-15-12-9-6-3)79-73(76)67-64-61-58-55-52-50-47-27-25-23-20-17-14-11-8-5-2/h7,10,16,19,24,26-27,29-30,32-33,35-36,38-39,41-42,44-45,47-49,70H,4-6,8-9,11-15,17-18,20-23,25,28,31,34,37,40,43,46,50-69H2,1-3H3/b10-7-,19-16-,26-24-,30-29-,33-32-,36-35-,39-38-,42-41-,45-44-,47-27-,49-48-. The van der Waals surface area contributed by atoms with Crippen molar-refractivity contribution in [1.29, 1.82) is 0 Å². The molecule has 0 radical (unpaired) electrons. The first-order chi connectivity index (χ1) is 39.0. The van der Waals surface area contributed by atoms with Crippen molar-refractivity contribution in [3.8, 4) is 0 Å². The van der Waals surface area contributed by atoms with Gasteiger partial charge in [0.25, 0.3) is 0 Å². The van der Waals surface area contributed by atoms with Gasteiger partial charge in [0.05, 0.1) is 0 Å². The summed E-state index contributed by atoms with van der Waals surface area (Å²) in [6, 6.07) is 0. The summed E-state index contributed by atoms with van der Waals surface area (Å²) in [6.07, 6.45) is 93.2. The molecule has 0 aromatic rings. The van der Waals surface area contributed by atoms with E-state index in [9.17, 15) is 14.4 Å². The second kappa shape index (κ2) is 66.1. The summed E-state index contributed by atoms with van der Waals surface area (Å²) < 4.78 is 16.8. The second-order valence-electron chi connectivity index (χ2n) is 21.3. The number of allylic oxidation sites excluding steroid dienone is 22. The molecule has 0 aliphatic rings. The predicted molar refractivity (Wildman–Crippen MR) is 343 cm³/mol. The van der Waals surface area contributed by atoms with Crippen LogP contribution in [-0.2, 0) is 28.6 Å². The summed E-state index contributed by atoms with van der Waals surface area (Å²) in [6.45, 7) is 6.49. The van der Waals surface area contributed by atoms with Gasteiger partial charge in [-0.25, -0.2) is 0 Å². The third-order valence-corrected chi connectivity index (χ3v) is 13.6. The molecule has 0 aliphatic heterocycles. The smallest absolute Gasteiger partial charge is 0.306 e. The van der Waals surface area contributed by atoms with Gasteiger partial charge in [-0.05, 0) is 122 Å². The Morgan fingerprint density at radius 1 is 0.266 bits per heavy atom. The van der Waals surface area contributed by atoms with Gasteiger partial charge < -0.3 is 14.2 Å². The fraction of sp³-hybridized carbons (Fsp3) is 0.658. The maximum absolute atomic E-state index is 12.9. The zero-order valence-corrected chi connectivity index (χ0v) is 51.3. The molecule has 0 aromatic heterocycles. The van der Waals surface area contributed by atoms with Crippen molar-refractivity contribution in [3.05, 3.63) is 134 Å². The summed E-state index contributed by atoms with van der Waals surface area (Å²) >= 11 is 0. The van der Waals surface area contributed by atoms with Gasteiger partial charge in [0.15, 0.2) is 6.10 Å². The first kappa shape index (κ1) is 74.5. The van der Waals surface area contributed by atoms with Crippen LogP contribution in [0.3, 0.4) is 0 Å². The fourth-order valence-electron chi connectivity index (χ4n) is 8.76. The van der Waals surface area contributed by atoms with Gasteiger partial charge in [-0.15, -0.1) is 0 Å². The molecule has 1 unspecified atom stereocenters.